The first-order valence-electron chi connectivity index (χ1n) is 9.52. The molecule has 6 heteroatoms. The van der Waals surface area contributed by atoms with Gasteiger partial charge in [-0.2, -0.15) is 0 Å². The predicted octanol–water partition coefficient (Wildman–Crippen LogP) is 6.15. The van der Waals surface area contributed by atoms with Crippen molar-refractivity contribution in [3.8, 4) is 5.75 Å². The third kappa shape index (κ3) is 6.91. The van der Waals surface area contributed by atoms with Gasteiger partial charge in [-0.1, -0.05) is 32.3 Å². The zero-order valence-corrected chi connectivity index (χ0v) is 19.0. The third-order valence-corrected chi connectivity index (χ3v) is 5.27. The van der Waals surface area contributed by atoms with E-state index in [0.29, 0.717) is 12.2 Å². The van der Waals surface area contributed by atoms with Gasteiger partial charge in [0.25, 0.3) is 5.91 Å². The minimum atomic E-state index is -0.267. The van der Waals surface area contributed by atoms with Crippen molar-refractivity contribution >= 4 is 44.9 Å². The van der Waals surface area contributed by atoms with E-state index in [2.05, 4.69) is 40.4 Å². The topological polar surface area (TPSA) is 50.4 Å². The minimum Gasteiger partial charge on any atom is -0.492 e. The fraction of sp³-hybridized carbons (Fsp3) is 0.364. The molecule has 2 N–H and O–H groups in total. The summed E-state index contributed by atoms with van der Waals surface area (Å²) < 4.78 is 6.54. The van der Waals surface area contributed by atoms with Gasteiger partial charge in [-0.05, 0) is 89.9 Å². The number of carbonyl (C=O) groups excluding carboxylic acids is 1. The fourth-order valence-electron chi connectivity index (χ4n) is 2.63. The number of hydrogen-bond acceptors (Lipinski definition) is 3. The van der Waals surface area contributed by atoms with E-state index in [0.717, 1.165) is 27.9 Å². The maximum Gasteiger partial charge on any atom is 0.257 e. The predicted molar refractivity (Wildman–Crippen MR) is 123 cm³/mol. The summed E-state index contributed by atoms with van der Waals surface area (Å²) in [6.45, 7) is 6.95. The summed E-state index contributed by atoms with van der Waals surface area (Å²) in [5, 5.41) is 6.02. The van der Waals surface area contributed by atoms with E-state index in [9.17, 15) is 4.79 Å². The zero-order chi connectivity index (χ0) is 20.5. The molecule has 1 amide bonds. The quantitative estimate of drug-likeness (QED) is 0.364. The summed E-state index contributed by atoms with van der Waals surface area (Å²) in [6, 6.07) is 11.2. The van der Waals surface area contributed by atoms with Gasteiger partial charge >= 0.3 is 0 Å². The average Bonchev–Trinajstić information content (AvgIpc) is 2.65. The van der Waals surface area contributed by atoms with Gasteiger partial charge in [0, 0.05) is 11.3 Å². The molecule has 0 aromatic heterocycles. The Morgan fingerprint density at radius 1 is 1.07 bits per heavy atom. The number of unbranched alkanes of at least 4 members (excludes halogenated alkanes) is 3. The second-order valence-corrected chi connectivity index (χ2v) is 8.02. The Kier molecular flexibility index (Phi) is 8.93. The van der Waals surface area contributed by atoms with Gasteiger partial charge in [-0.3, -0.25) is 10.1 Å². The highest BCUT2D eigenvalue weighted by molar-refractivity contribution is 9.10. The largest absolute Gasteiger partial charge is 0.492 e. The first-order valence-corrected chi connectivity index (χ1v) is 10.7. The Hall–Kier alpha value is -1.92. The van der Waals surface area contributed by atoms with Crippen LogP contribution < -0.4 is 15.4 Å². The van der Waals surface area contributed by atoms with Crippen LogP contribution in [0.1, 0.15) is 54.1 Å². The molecule has 0 fully saturated rings. The molecular formula is C22H27BrN2O2S. The van der Waals surface area contributed by atoms with Gasteiger partial charge in [-0.25, -0.2) is 0 Å². The number of ether oxygens (including phenoxy) is 1. The van der Waals surface area contributed by atoms with E-state index in [1.807, 2.05) is 25.1 Å². The number of carbonyl (C=O) groups is 1. The average molecular weight is 463 g/mol. The SMILES string of the molecule is CCCCCCOc1ccc(C(=O)NC(=S)Nc2ccc(C)c(C)c2)cc1Br. The highest BCUT2D eigenvalue weighted by atomic mass is 79.9. The van der Waals surface area contributed by atoms with Crippen LogP contribution in [-0.2, 0) is 0 Å². The van der Waals surface area contributed by atoms with Crippen molar-refractivity contribution in [3.63, 3.8) is 0 Å². The van der Waals surface area contributed by atoms with Crippen LogP contribution in [0.3, 0.4) is 0 Å². The number of hydrogen-bond donors (Lipinski definition) is 2. The summed E-state index contributed by atoms with van der Waals surface area (Å²) in [5.74, 6) is 0.473. The molecule has 2 aromatic rings. The van der Waals surface area contributed by atoms with Crippen molar-refractivity contribution < 1.29 is 9.53 Å². The Morgan fingerprint density at radius 2 is 1.86 bits per heavy atom. The standard InChI is InChI=1S/C22H27BrN2O2S/c1-4-5-6-7-12-27-20-11-9-17(14-19(20)23)21(26)25-22(28)24-18-10-8-15(2)16(3)13-18/h8-11,13-14H,4-7,12H2,1-3H3,(H2,24,25,26,28). The molecular weight excluding hydrogens is 436 g/mol. The van der Waals surface area contributed by atoms with Gasteiger partial charge < -0.3 is 10.1 Å². The normalized spacial score (nSPS) is 10.4. The van der Waals surface area contributed by atoms with Crippen LogP contribution in [0.15, 0.2) is 40.9 Å². The molecule has 150 valence electrons. The van der Waals surface area contributed by atoms with Crippen LogP contribution in [-0.4, -0.2) is 17.6 Å². The van der Waals surface area contributed by atoms with Gasteiger partial charge in [0.2, 0.25) is 0 Å². The van der Waals surface area contributed by atoms with E-state index < -0.39 is 0 Å². The number of rotatable bonds is 8. The van der Waals surface area contributed by atoms with Crippen molar-refractivity contribution in [3.05, 3.63) is 57.6 Å². The molecule has 0 saturated carbocycles. The molecule has 0 aliphatic rings. The summed E-state index contributed by atoms with van der Waals surface area (Å²) >= 11 is 8.74. The van der Waals surface area contributed by atoms with Crippen molar-refractivity contribution in [1.82, 2.24) is 5.32 Å². The Labute approximate surface area is 181 Å². The molecule has 0 unspecified atom stereocenters. The number of nitrogens with one attached hydrogen (secondary N) is 2. The number of aryl methyl sites for hydroxylation is 2. The number of thiocarbonyl (C=S) groups is 1. The van der Waals surface area contributed by atoms with Crippen LogP contribution in [0.5, 0.6) is 5.75 Å². The first-order chi connectivity index (χ1) is 13.4. The summed E-state index contributed by atoms with van der Waals surface area (Å²) in [4.78, 5) is 12.5. The Morgan fingerprint density at radius 3 is 2.54 bits per heavy atom. The molecule has 0 heterocycles. The maximum atomic E-state index is 12.5. The van der Waals surface area contributed by atoms with Gasteiger partial charge in [0.15, 0.2) is 5.11 Å². The van der Waals surface area contributed by atoms with Crippen LogP contribution in [0.25, 0.3) is 0 Å². The molecule has 0 aliphatic carbocycles. The highest BCUT2D eigenvalue weighted by Crippen LogP contribution is 2.26. The number of halogens is 1. The van der Waals surface area contributed by atoms with Crippen LogP contribution in [0, 0.1) is 13.8 Å². The van der Waals surface area contributed by atoms with E-state index in [-0.39, 0.29) is 11.0 Å². The molecule has 0 bridgehead atoms. The molecule has 0 atom stereocenters. The van der Waals surface area contributed by atoms with Crippen LogP contribution in [0.4, 0.5) is 5.69 Å². The molecule has 0 radical (unpaired) electrons. The van der Waals surface area contributed by atoms with E-state index in [1.54, 1.807) is 18.2 Å². The van der Waals surface area contributed by atoms with Crippen LogP contribution in [0.2, 0.25) is 0 Å². The van der Waals surface area contributed by atoms with Crippen molar-refractivity contribution in [2.75, 3.05) is 11.9 Å². The van der Waals surface area contributed by atoms with Gasteiger partial charge in [-0.15, -0.1) is 0 Å². The van der Waals surface area contributed by atoms with Crippen molar-refractivity contribution in [2.24, 2.45) is 0 Å². The van der Waals surface area contributed by atoms with Crippen LogP contribution >= 0.6 is 28.1 Å². The summed E-state index contributed by atoms with van der Waals surface area (Å²) in [7, 11) is 0. The second kappa shape index (κ2) is 11.2. The first kappa shape index (κ1) is 22.4. The number of amides is 1. The smallest absolute Gasteiger partial charge is 0.257 e. The maximum absolute atomic E-state index is 12.5. The summed E-state index contributed by atoms with van der Waals surface area (Å²) in [6.07, 6.45) is 4.62. The molecule has 0 aliphatic heterocycles. The number of anilines is 1. The van der Waals surface area contributed by atoms with E-state index >= 15 is 0 Å². The third-order valence-electron chi connectivity index (χ3n) is 4.44. The highest BCUT2D eigenvalue weighted by Gasteiger charge is 2.11. The monoisotopic (exact) mass is 462 g/mol. The lowest BCUT2D eigenvalue weighted by atomic mass is 10.1. The lowest BCUT2D eigenvalue weighted by Crippen LogP contribution is -2.34. The minimum absolute atomic E-state index is 0.264. The lowest BCUT2D eigenvalue weighted by Gasteiger charge is -2.12. The van der Waals surface area contributed by atoms with Crippen molar-refractivity contribution in [2.45, 2.75) is 46.5 Å². The molecule has 2 rings (SSSR count). The van der Waals surface area contributed by atoms with Crippen molar-refractivity contribution in [1.29, 1.82) is 0 Å². The summed E-state index contributed by atoms with van der Waals surface area (Å²) in [5.41, 5.74) is 3.72. The second-order valence-electron chi connectivity index (χ2n) is 6.76. The molecule has 4 nitrogen and oxygen atoms in total. The number of benzene rings is 2. The molecule has 2 aromatic carbocycles. The molecule has 28 heavy (non-hydrogen) atoms. The molecule has 0 spiro atoms. The lowest BCUT2D eigenvalue weighted by molar-refractivity contribution is 0.0977. The zero-order valence-electron chi connectivity index (χ0n) is 16.6. The fourth-order valence-corrected chi connectivity index (χ4v) is 3.33. The van der Waals surface area contributed by atoms with E-state index in [4.69, 9.17) is 17.0 Å². The van der Waals surface area contributed by atoms with Gasteiger partial charge in [0.05, 0.1) is 11.1 Å². The van der Waals surface area contributed by atoms with E-state index in [1.165, 1.54) is 24.8 Å². The Balaban J connectivity index is 1.89. The van der Waals surface area contributed by atoms with Gasteiger partial charge in [0.1, 0.15) is 5.75 Å². The Bertz CT molecular complexity index is 839. The molecule has 0 saturated heterocycles.